The number of benzene rings is 1. The smallest absolute Gasteiger partial charge is 0.186 e. The lowest BCUT2D eigenvalue weighted by atomic mass is 9.82. The van der Waals surface area contributed by atoms with Crippen LogP contribution >= 0.6 is 0 Å². The minimum absolute atomic E-state index is 0.384. The summed E-state index contributed by atoms with van der Waals surface area (Å²) in [6, 6.07) is 9.88. The lowest BCUT2D eigenvalue weighted by molar-refractivity contribution is 0.336. The molecule has 1 aliphatic carbocycles. The average molecular weight is 268 g/mol. The Kier molecular flexibility index (Phi) is 3.38. The van der Waals surface area contributed by atoms with E-state index >= 15 is 0 Å². The van der Waals surface area contributed by atoms with Gasteiger partial charge >= 0.3 is 0 Å². The van der Waals surface area contributed by atoms with Gasteiger partial charge in [0.25, 0.3) is 0 Å². The minimum atomic E-state index is 0.384. The van der Waals surface area contributed by atoms with E-state index in [0.29, 0.717) is 18.2 Å². The minimum Gasteiger partial charge on any atom is -0.492 e. The van der Waals surface area contributed by atoms with Crippen LogP contribution in [0.25, 0.3) is 5.69 Å². The molecule has 0 amide bonds. The van der Waals surface area contributed by atoms with E-state index < -0.39 is 0 Å². The molecular formula is C15H16N4O. The molecule has 2 aromatic rings. The van der Waals surface area contributed by atoms with Gasteiger partial charge in [0.1, 0.15) is 17.5 Å². The molecule has 0 unspecified atom stereocenters. The highest BCUT2D eigenvalue weighted by molar-refractivity contribution is 5.48. The SMILES string of the molecule is CCOc1ccccc1-n1nnc(C#N)c1C1CCC1. The van der Waals surface area contributed by atoms with Crippen molar-refractivity contribution in [2.45, 2.75) is 32.1 Å². The third-order valence-electron chi connectivity index (χ3n) is 3.70. The van der Waals surface area contributed by atoms with Crippen LogP contribution < -0.4 is 4.74 Å². The molecule has 0 atom stereocenters. The normalized spacial score (nSPS) is 14.6. The summed E-state index contributed by atoms with van der Waals surface area (Å²) in [5.41, 5.74) is 2.21. The van der Waals surface area contributed by atoms with Crippen molar-refractivity contribution in [1.29, 1.82) is 5.26 Å². The molecule has 5 nitrogen and oxygen atoms in total. The molecular weight excluding hydrogens is 252 g/mol. The molecule has 1 aliphatic rings. The molecule has 1 aromatic carbocycles. The highest BCUT2D eigenvalue weighted by Crippen LogP contribution is 2.39. The van der Waals surface area contributed by atoms with Gasteiger partial charge in [0.15, 0.2) is 5.69 Å². The summed E-state index contributed by atoms with van der Waals surface area (Å²) in [6.07, 6.45) is 3.39. The Morgan fingerprint density at radius 3 is 2.85 bits per heavy atom. The molecule has 20 heavy (non-hydrogen) atoms. The Morgan fingerprint density at radius 1 is 1.40 bits per heavy atom. The van der Waals surface area contributed by atoms with Crippen molar-refractivity contribution in [3.05, 3.63) is 35.7 Å². The van der Waals surface area contributed by atoms with Crippen LogP contribution in [0.5, 0.6) is 5.75 Å². The van der Waals surface area contributed by atoms with Crippen LogP contribution in [0.4, 0.5) is 0 Å². The number of hydrogen-bond acceptors (Lipinski definition) is 4. The molecule has 0 bridgehead atoms. The second-order valence-corrected chi connectivity index (χ2v) is 4.88. The fourth-order valence-corrected chi connectivity index (χ4v) is 2.50. The first-order valence-electron chi connectivity index (χ1n) is 6.93. The third-order valence-corrected chi connectivity index (χ3v) is 3.70. The van der Waals surface area contributed by atoms with Gasteiger partial charge in [-0.25, -0.2) is 4.68 Å². The first-order chi connectivity index (χ1) is 9.85. The predicted molar refractivity (Wildman–Crippen MR) is 73.8 cm³/mol. The van der Waals surface area contributed by atoms with E-state index in [2.05, 4.69) is 16.4 Å². The van der Waals surface area contributed by atoms with E-state index in [0.717, 1.165) is 30.0 Å². The topological polar surface area (TPSA) is 63.7 Å². The van der Waals surface area contributed by atoms with Crippen molar-refractivity contribution >= 4 is 0 Å². The number of ether oxygens (including phenoxy) is 1. The zero-order valence-electron chi connectivity index (χ0n) is 11.4. The van der Waals surface area contributed by atoms with Crippen LogP contribution in [-0.2, 0) is 0 Å². The summed E-state index contributed by atoms with van der Waals surface area (Å²) < 4.78 is 7.42. The molecule has 1 saturated carbocycles. The van der Waals surface area contributed by atoms with Crippen molar-refractivity contribution in [1.82, 2.24) is 15.0 Å². The van der Waals surface area contributed by atoms with Crippen molar-refractivity contribution in [3.8, 4) is 17.5 Å². The van der Waals surface area contributed by atoms with Crippen molar-refractivity contribution < 1.29 is 4.74 Å². The molecule has 102 valence electrons. The van der Waals surface area contributed by atoms with Crippen LogP contribution in [0.3, 0.4) is 0 Å². The Balaban J connectivity index is 2.11. The second-order valence-electron chi connectivity index (χ2n) is 4.88. The highest BCUT2D eigenvalue weighted by Gasteiger charge is 2.29. The maximum Gasteiger partial charge on any atom is 0.186 e. The molecule has 1 fully saturated rings. The number of aromatic nitrogens is 3. The van der Waals surface area contributed by atoms with Crippen molar-refractivity contribution in [3.63, 3.8) is 0 Å². The Bertz CT molecular complexity index is 652. The fourth-order valence-electron chi connectivity index (χ4n) is 2.50. The standard InChI is InChI=1S/C15H16N4O/c1-2-20-14-9-4-3-8-13(14)19-15(11-6-5-7-11)12(10-16)17-18-19/h3-4,8-9,11H,2,5-7H2,1H3. The lowest BCUT2D eigenvalue weighted by Gasteiger charge is -2.26. The highest BCUT2D eigenvalue weighted by atomic mass is 16.5. The van der Waals surface area contributed by atoms with Gasteiger partial charge in [-0.3, -0.25) is 0 Å². The van der Waals surface area contributed by atoms with Gasteiger partial charge < -0.3 is 4.74 Å². The molecule has 0 saturated heterocycles. The molecule has 1 aromatic heterocycles. The fraction of sp³-hybridized carbons (Fsp3) is 0.400. The van der Waals surface area contributed by atoms with Crippen molar-refractivity contribution in [2.75, 3.05) is 6.61 Å². The van der Waals surface area contributed by atoms with Crippen LogP contribution in [0.15, 0.2) is 24.3 Å². The average Bonchev–Trinajstić information content (AvgIpc) is 2.81. The van der Waals surface area contributed by atoms with E-state index in [1.165, 1.54) is 6.42 Å². The molecule has 5 heteroatoms. The zero-order chi connectivity index (χ0) is 13.9. The van der Waals surface area contributed by atoms with E-state index in [4.69, 9.17) is 4.74 Å². The van der Waals surface area contributed by atoms with Gasteiger partial charge in [-0.15, -0.1) is 5.10 Å². The number of hydrogen-bond donors (Lipinski definition) is 0. The van der Waals surface area contributed by atoms with Crippen molar-refractivity contribution in [2.24, 2.45) is 0 Å². The first-order valence-corrected chi connectivity index (χ1v) is 6.93. The van der Waals surface area contributed by atoms with E-state index in [-0.39, 0.29) is 0 Å². The maximum atomic E-state index is 9.22. The summed E-state index contributed by atoms with van der Waals surface area (Å²) in [4.78, 5) is 0. The van der Waals surface area contributed by atoms with Crippen LogP contribution in [0, 0.1) is 11.3 Å². The van der Waals surface area contributed by atoms with E-state index in [9.17, 15) is 5.26 Å². The zero-order valence-corrected chi connectivity index (χ0v) is 11.4. The van der Waals surface area contributed by atoms with Crippen LogP contribution in [0.1, 0.15) is 43.5 Å². The van der Waals surface area contributed by atoms with Gasteiger partial charge in [0.05, 0.1) is 12.3 Å². The Morgan fingerprint density at radius 2 is 2.20 bits per heavy atom. The quantitative estimate of drug-likeness (QED) is 0.855. The molecule has 0 aliphatic heterocycles. The first kappa shape index (κ1) is 12.7. The summed E-state index contributed by atoms with van der Waals surface area (Å²) in [6.45, 7) is 2.54. The van der Waals surface area contributed by atoms with E-state index in [1.807, 2.05) is 31.2 Å². The molecule has 0 spiro atoms. The number of nitrogens with zero attached hydrogens (tertiary/aromatic N) is 4. The molecule has 1 heterocycles. The van der Waals surface area contributed by atoms with Crippen LogP contribution in [-0.4, -0.2) is 21.6 Å². The number of nitriles is 1. The summed E-state index contributed by atoms with van der Waals surface area (Å²) >= 11 is 0. The predicted octanol–water partition coefficient (Wildman–Crippen LogP) is 2.81. The second kappa shape index (κ2) is 5.33. The third kappa shape index (κ3) is 2.03. The lowest BCUT2D eigenvalue weighted by Crippen LogP contribution is -2.16. The van der Waals surface area contributed by atoms with E-state index in [1.54, 1.807) is 4.68 Å². The Hall–Kier alpha value is -2.35. The number of para-hydroxylation sites is 2. The summed E-state index contributed by atoms with van der Waals surface area (Å²) in [5.74, 6) is 1.15. The van der Waals surface area contributed by atoms with Gasteiger partial charge in [0, 0.05) is 5.92 Å². The molecule has 0 radical (unpaired) electrons. The monoisotopic (exact) mass is 268 g/mol. The largest absolute Gasteiger partial charge is 0.492 e. The maximum absolute atomic E-state index is 9.22. The Labute approximate surface area is 117 Å². The molecule has 0 N–H and O–H groups in total. The van der Waals surface area contributed by atoms with Gasteiger partial charge in [0.2, 0.25) is 0 Å². The van der Waals surface area contributed by atoms with Gasteiger partial charge in [-0.1, -0.05) is 23.8 Å². The summed E-state index contributed by atoms with van der Waals surface area (Å²) in [5, 5.41) is 17.4. The van der Waals surface area contributed by atoms with Gasteiger partial charge in [-0.2, -0.15) is 5.26 Å². The number of rotatable bonds is 4. The summed E-state index contributed by atoms with van der Waals surface area (Å²) in [7, 11) is 0. The van der Waals surface area contributed by atoms with Crippen LogP contribution in [0.2, 0.25) is 0 Å². The van der Waals surface area contributed by atoms with Gasteiger partial charge in [-0.05, 0) is 31.9 Å². The molecule has 3 rings (SSSR count).